The van der Waals surface area contributed by atoms with E-state index in [9.17, 15) is 13.2 Å². The van der Waals surface area contributed by atoms with E-state index in [2.05, 4.69) is 5.32 Å². The Bertz CT molecular complexity index is 368. The van der Waals surface area contributed by atoms with Crippen LogP contribution in [0.5, 0.6) is 0 Å². The Morgan fingerprint density at radius 1 is 1.35 bits per heavy atom. The Morgan fingerprint density at radius 3 is 2.59 bits per heavy atom. The lowest BCUT2D eigenvalue weighted by atomic mass is 10.2. The molecule has 1 aromatic rings. The summed E-state index contributed by atoms with van der Waals surface area (Å²) >= 11 is 5.74. The van der Waals surface area contributed by atoms with E-state index in [1.165, 1.54) is 6.07 Å². The van der Waals surface area contributed by atoms with Gasteiger partial charge < -0.3 is 10.1 Å². The van der Waals surface area contributed by atoms with Crippen molar-refractivity contribution < 1.29 is 17.9 Å². The predicted octanol–water partition coefficient (Wildman–Crippen LogP) is 3.81. The minimum atomic E-state index is -4.37. The molecule has 0 radical (unpaired) electrons. The van der Waals surface area contributed by atoms with Crippen LogP contribution in [-0.2, 0) is 10.9 Å². The van der Waals surface area contributed by atoms with Gasteiger partial charge in [-0.3, -0.25) is 0 Å². The van der Waals surface area contributed by atoms with Crippen LogP contribution < -0.4 is 5.32 Å². The minimum absolute atomic E-state index is 0.0522. The fourth-order valence-corrected chi connectivity index (χ4v) is 1.48. The van der Waals surface area contributed by atoms with Crippen LogP contribution in [0.3, 0.4) is 0 Å². The molecule has 0 aliphatic carbocycles. The number of benzene rings is 1. The van der Waals surface area contributed by atoms with Crippen molar-refractivity contribution in [1.29, 1.82) is 0 Å². The number of alkyl halides is 3. The Morgan fingerprint density at radius 2 is 2.06 bits per heavy atom. The third-order valence-corrected chi connectivity index (χ3v) is 2.38. The Labute approximate surface area is 103 Å². The quantitative estimate of drug-likeness (QED) is 0.819. The summed E-state index contributed by atoms with van der Waals surface area (Å²) in [6.45, 7) is 3.44. The van der Waals surface area contributed by atoms with Gasteiger partial charge in [-0.2, -0.15) is 13.2 Å². The van der Waals surface area contributed by atoms with Gasteiger partial charge >= 0.3 is 6.18 Å². The number of rotatable bonds is 5. The van der Waals surface area contributed by atoms with Crippen LogP contribution in [0.2, 0.25) is 5.02 Å². The molecule has 0 fully saturated rings. The molecule has 96 valence electrons. The highest BCUT2D eigenvalue weighted by molar-refractivity contribution is 6.33. The molecule has 0 atom stereocenters. The fraction of sp³-hybridized carbons (Fsp3) is 0.455. The molecule has 0 aromatic heterocycles. The van der Waals surface area contributed by atoms with Crippen molar-refractivity contribution in [3.8, 4) is 0 Å². The zero-order valence-electron chi connectivity index (χ0n) is 9.27. The maximum atomic E-state index is 12.4. The fourth-order valence-electron chi connectivity index (χ4n) is 1.24. The van der Waals surface area contributed by atoms with Crippen molar-refractivity contribution in [2.45, 2.75) is 13.1 Å². The van der Waals surface area contributed by atoms with Gasteiger partial charge in [0, 0.05) is 13.2 Å². The molecule has 0 heterocycles. The normalized spacial score (nSPS) is 11.6. The second-order valence-corrected chi connectivity index (χ2v) is 3.72. The highest BCUT2D eigenvalue weighted by Gasteiger charge is 2.30. The monoisotopic (exact) mass is 267 g/mol. The smallest absolute Gasteiger partial charge is 0.382 e. The van der Waals surface area contributed by atoms with Gasteiger partial charge in [-0.15, -0.1) is 0 Å². The molecule has 0 saturated carbocycles. The molecule has 1 aromatic carbocycles. The standard InChI is InChI=1S/C11H13ClF3NO/c1-2-17-6-5-16-10-4-3-8(7-9(10)12)11(13,14)15/h3-4,7,16H,2,5-6H2,1H3. The lowest BCUT2D eigenvalue weighted by molar-refractivity contribution is -0.137. The van der Waals surface area contributed by atoms with Crippen LogP contribution in [0.4, 0.5) is 18.9 Å². The number of nitrogens with one attached hydrogen (secondary N) is 1. The summed E-state index contributed by atoms with van der Waals surface area (Å²) < 4.78 is 42.1. The zero-order chi connectivity index (χ0) is 12.9. The number of ether oxygens (including phenoxy) is 1. The zero-order valence-corrected chi connectivity index (χ0v) is 10.0. The van der Waals surface area contributed by atoms with Crippen LogP contribution in [0.15, 0.2) is 18.2 Å². The highest BCUT2D eigenvalue weighted by Crippen LogP contribution is 2.33. The molecular weight excluding hydrogens is 255 g/mol. The van der Waals surface area contributed by atoms with Crippen LogP contribution >= 0.6 is 11.6 Å². The maximum absolute atomic E-state index is 12.4. The molecule has 0 aliphatic rings. The van der Waals surface area contributed by atoms with Crippen molar-refractivity contribution in [2.24, 2.45) is 0 Å². The van der Waals surface area contributed by atoms with Crippen molar-refractivity contribution in [3.63, 3.8) is 0 Å². The number of anilines is 1. The van der Waals surface area contributed by atoms with Crippen LogP contribution in [0, 0.1) is 0 Å². The number of halogens is 4. The van der Waals surface area contributed by atoms with Gasteiger partial charge in [0.05, 0.1) is 22.9 Å². The van der Waals surface area contributed by atoms with E-state index >= 15 is 0 Å². The van der Waals surface area contributed by atoms with Gasteiger partial charge in [-0.05, 0) is 25.1 Å². The molecule has 0 amide bonds. The summed E-state index contributed by atoms with van der Waals surface area (Å²) in [5.74, 6) is 0. The summed E-state index contributed by atoms with van der Waals surface area (Å²) in [6, 6.07) is 3.22. The topological polar surface area (TPSA) is 21.3 Å². The van der Waals surface area contributed by atoms with E-state index in [0.29, 0.717) is 25.4 Å². The lowest BCUT2D eigenvalue weighted by Gasteiger charge is -2.11. The van der Waals surface area contributed by atoms with Crippen molar-refractivity contribution in [3.05, 3.63) is 28.8 Å². The average Bonchev–Trinajstić information content (AvgIpc) is 2.24. The van der Waals surface area contributed by atoms with Gasteiger partial charge in [0.2, 0.25) is 0 Å². The summed E-state index contributed by atoms with van der Waals surface area (Å²) in [6.07, 6.45) is -4.37. The summed E-state index contributed by atoms with van der Waals surface area (Å²) in [5.41, 5.74) is -0.280. The highest BCUT2D eigenvalue weighted by atomic mass is 35.5. The molecule has 0 bridgehead atoms. The first-order valence-electron chi connectivity index (χ1n) is 5.13. The average molecular weight is 268 g/mol. The molecule has 0 saturated heterocycles. The van der Waals surface area contributed by atoms with Crippen molar-refractivity contribution in [1.82, 2.24) is 0 Å². The Kier molecular flexibility index (Phi) is 5.08. The largest absolute Gasteiger partial charge is 0.416 e. The van der Waals surface area contributed by atoms with E-state index in [4.69, 9.17) is 16.3 Å². The lowest BCUT2D eigenvalue weighted by Crippen LogP contribution is -2.10. The van der Waals surface area contributed by atoms with E-state index in [1.807, 2.05) is 6.92 Å². The van der Waals surface area contributed by atoms with E-state index in [-0.39, 0.29) is 5.02 Å². The Balaban J connectivity index is 2.64. The first-order chi connectivity index (χ1) is 7.95. The minimum Gasteiger partial charge on any atom is -0.382 e. The predicted molar refractivity (Wildman–Crippen MR) is 61.4 cm³/mol. The molecule has 6 heteroatoms. The maximum Gasteiger partial charge on any atom is 0.416 e. The molecule has 1 N–H and O–H groups in total. The number of hydrogen-bond donors (Lipinski definition) is 1. The number of hydrogen-bond acceptors (Lipinski definition) is 2. The SMILES string of the molecule is CCOCCNc1ccc(C(F)(F)F)cc1Cl. The molecule has 0 spiro atoms. The van der Waals surface area contributed by atoms with Crippen molar-refractivity contribution >= 4 is 17.3 Å². The summed E-state index contributed by atoms with van der Waals surface area (Å²) in [5, 5.41) is 2.95. The first kappa shape index (κ1) is 14.1. The van der Waals surface area contributed by atoms with E-state index in [0.717, 1.165) is 12.1 Å². The molecule has 0 aliphatic heterocycles. The molecule has 2 nitrogen and oxygen atoms in total. The van der Waals surface area contributed by atoms with Gasteiger partial charge in [-0.1, -0.05) is 11.6 Å². The third-order valence-electron chi connectivity index (χ3n) is 2.06. The second-order valence-electron chi connectivity index (χ2n) is 3.32. The van der Waals surface area contributed by atoms with Crippen LogP contribution in [-0.4, -0.2) is 19.8 Å². The third kappa shape index (κ3) is 4.44. The van der Waals surface area contributed by atoms with E-state index < -0.39 is 11.7 Å². The van der Waals surface area contributed by atoms with Crippen molar-refractivity contribution in [2.75, 3.05) is 25.1 Å². The van der Waals surface area contributed by atoms with Crippen LogP contribution in [0.1, 0.15) is 12.5 Å². The van der Waals surface area contributed by atoms with Gasteiger partial charge in [0.15, 0.2) is 0 Å². The summed E-state index contributed by atoms with van der Waals surface area (Å²) in [7, 11) is 0. The molecule has 17 heavy (non-hydrogen) atoms. The second kappa shape index (κ2) is 6.12. The molecule has 0 unspecified atom stereocenters. The Hall–Kier alpha value is -0.940. The summed E-state index contributed by atoms with van der Waals surface area (Å²) in [4.78, 5) is 0. The van der Waals surface area contributed by atoms with Gasteiger partial charge in [0.1, 0.15) is 0 Å². The molecular formula is C11H13ClF3NO. The molecule has 1 rings (SSSR count). The first-order valence-corrected chi connectivity index (χ1v) is 5.51. The van der Waals surface area contributed by atoms with E-state index in [1.54, 1.807) is 0 Å². The van der Waals surface area contributed by atoms with Gasteiger partial charge in [0.25, 0.3) is 0 Å². The van der Waals surface area contributed by atoms with Crippen LogP contribution in [0.25, 0.3) is 0 Å². The van der Waals surface area contributed by atoms with Gasteiger partial charge in [-0.25, -0.2) is 0 Å².